The third kappa shape index (κ3) is 4.24. The van der Waals surface area contributed by atoms with Gasteiger partial charge in [0.2, 0.25) is 0 Å². The van der Waals surface area contributed by atoms with Crippen molar-refractivity contribution in [2.45, 2.75) is 26.3 Å². The van der Waals surface area contributed by atoms with Crippen molar-refractivity contribution in [2.75, 3.05) is 11.5 Å². The summed E-state index contributed by atoms with van der Waals surface area (Å²) in [6.07, 6.45) is 2.58. The van der Waals surface area contributed by atoms with Crippen molar-refractivity contribution in [3.05, 3.63) is 94.4 Å². The lowest BCUT2D eigenvalue weighted by molar-refractivity contribution is -0.132. The number of amides is 1. The number of carbonyl (C=O) groups is 2. The summed E-state index contributed by atoms with van der Waals surface area (Å²) >= 11 is 7.44. The van der Waals surface area contributed by atoms with Crippen LogP contribution in [0.5, 0.6) is 5.75 Å². The van der Waals surface area contributed by atoms with Gasteiger partial charge in [0.05, 0.1) is 34.1 Å². The number of hydrogen-bond acceptors (Lipinski definition) is 7. The number of fused-ring (bicyclic) bond motifs is 2. The third-order valence-electron chi connectivity index (χ3n) is 6.56. The van der Waals surface area contributed by atoms with Crippen molar-refractivity contribution in [1.29, 1.82) is 0 Å². The van der Waals surface area contributed by atoms with E-state index in [4.69, 9.17) is 16.3 Å². The highest BCUT2D eigenvalue weighted by atomic mass is 35.5. The van der Waals surface area contributed by atoms with Crippen LogP contribution in [0.1, 0.15) is 36.3 Å². The highest BCUT2D eigenvalue weighted by Crippen LogP contribution is 2.45. The second-order valence-corrected chi connectivity index (χ2v) is 10.6. The first-order valence-corrected chi connectivity index (χ1v) is 13.6. The van der Waals surface area contributed by atoms with Gasteiger partial charge in [-0.05, 0) is 61.4 Å². The van der Waals surface area contributed by atoms with E-state index >= 15 is 0 Å². The van der Waals surface area contributed by atoms with E-state index in [2.05, 4.69) is 9.97 Å². The van der Waals surface area contributed by atoms with Gasteiger partial charge in [-0.15, -0.1) is 0 Å². The number of benzene rings is 2. The largest absolute Gasteiger partial charge is 0.505 e. The van der Waals surface area contributed by atoms with E-state index in [1.807, 2.05) is 25.1 Å². The maximum absolute atomic E-state index is 13.7. The molecule has 0 radical (unpaired) electrons. The molecule has 2 aromatic carbocycles. The van der Waals surface area contributed by atoms with Gasteiger partial charge in [0.1, 0.15) is 17.1 Å². The number of Topliss-reactive ketones (excluding diaryl/α,β-unsaturated/α-hetero) is 1. The Kier molecular flexibility index (Phi) is 6.32. The first-order valence-electron chi connectivity index (χ1n) is 12.4. The van der Waals surface area contributed by atoms with Crippen LogP contribution in [-0.2, 0) is 9.59 Å². The van der Waals surface area contributed by atoms with Crippen LogP contribution < -0.4 is 9.64 Å². The molecule has 1 amide bonds. The number of hydrogen-bond donors (Lipinski definition) is 1. The average Bonchev–Trinajstić information content (AvgIpc) is 3.57. The smallest absolute Gasteiger partial charge is 0.301 e. The van der Waals surface area contributed by atoms with Crippen molar-refractivity contribution < 1.29 is 19.4 Å². The normalized spacial score (nSPS) is 17.0. The van der Waals surface area contributed by atoms with Gasteiger partial charge in [-0.25, -0.2) is 9.97 Å². The van der Waals surface area contributed by atoms with Crippen molar-refractivity contribution >= 4 is 61.4 Å². The quantitative estimate of drug-likeness (QED) is 0.149. The minimum atomic E-state index is -0.945. The lowest BCUT2D eigenvalue weighted by atomic mass is 9.96. The van der Waals surface area contributed by atoms with E-state index in [-0.39, 0.29) is 11.3 Å². The summed E-state index contributed by atoms with van der Waals surface area (Å²) in [6, 6.07) is 17.0. The number of rotatable bonds is 6. The zero-order chi connectivity index (χ0) is 27.3. The lowest BCUT2D eigenvalue weighted by Gasteiger charge is -2.23. The van der Waals surface area contributed by atoms with E-state index in [1.165, 1.54) is 16.2 Å². The number of halogens is 1. The Morgan fingerprint density at radius 3 is 2.77 bits per heavy atom. The third-order valence-corrected chi connectivity index (χ3v) is 7.82. The van der Waals surface area contributed by atoms with Gasteiger partial charge in [-0.1, -0.05) is 48.1 Å². The van der Waals surface area contributed by atoms with Crippen LogP contribution in [0.15, 0.2) is 72.4 Å². The van der Waals surface area contributed by atoms with Crippen molar-refractivity contribution in [1.82, 2.24) is 14.4 Å². The van der Waals surface area contributed by atoms with Crippen LogP contribution in [0.25, 0.3) is 21.6 Å². The molecule has 1 saturated heterocycles. The van der Waals surface area contributed by atoms with Crippen LogP contribution >= 0.6 is 22.9 Å². The summed E-state index contributed by atoms with van der Waals surface area (Å²) in [6.45, 7) is 4.28. The molecule has 1 atom stereocenters. The van der Waals surface area contributed by atoms with Gasteiger partial charge >= 0.3 is 5.91 Å². The van der Waals surface area contributed by atoms with Crippen LogP contribution in [0.2, 0.25) is 5.02 Å². The number of nitrogens with zero attached hydrogens (tertiary/aromatic N) is 4. The topological polar surface area (TPSA) is 97.0 Å². The van der Waals surface area contributed by atoms with E-state index in [0.29, 0.717) is 50.6 Å². The molecular formula is C29H23ClN4O4S. The van der Waals surface area contributed by atoms with Gasteiger partial charge < -0.3 is 9.84 Å². The Balaban J connectivity index is 1.59. The fourth-order valence-electron chi connectivity index (χ4n) is 4.86. The molecule has 196 valence electrons. The number of pyridine rings is 1. The Bertz CT molecular complexity index is 1810. The zero-order valence-corrected chi connectivity index (χ0v) is 22.7. The van der Waals surface area contributed by atoms with E-state index < -0.39 is 17.7 Å². The predicted octanol–water partition coefficient (Wildman–Crippen LogP) is 6.32. The molecule has 1 fully saturated rings. The van der Waals surface area contributed by atoms with E-state index in [9.17, 15) is 14.7 Å². The summed E-state index contributed by atoms with van der Waals surface area (Å²) in [4.78, 5) is 37.8. The summed E-state index contributed by atoms with van der Waals surface area (Å²) in [7, 11) is 0. The SMILES string of the molecule is CCCOc1cccc(C2C(=C(O)c3c(C)nc4ccccn34)C(=O)C(=O)N2c2nc3ccc(Cl)cc3s2)c1. The molecule has 1 N–H and O–H groups in total. The number of aryl methyl sites for hydroxylation is 1. The molecular weight excluding hydrogens is 536 g/mol. The molecule has 1 aliphatic heterocycles. The predicted molar refractivity (Wildman–Crippen MR) is 152 cm³/mol. The van der Waals surface area contributed by atoms with Crippen LogP contribution in [0.3, 0.4) is 0 Å². The minimum absolute atomic E-state index is 0.0429. The second-order valence-electron chi connectivity index (χ2n) is 9.17. The van der Waals surface area contributed by atoms with Gasteiger partial charge in [-0.3, -0.25) is 18.9 Å². The minimum Gasteiger partial charge on any atom is -0.505 e. The van der Waals surface area contributed by atoms with Crippen molar-refractivity contribution in [3.63, 3.8) is 0 Å². The van der Waals surface area contributed by atoms with Gasteiger partial charge in [-0.2, -0.15) is 0 Å². The monoisotopic (exact) mass is 558 g/mol. The molecule has 3 aromatic heterocycles. The lowest BCUT2D eigenvalue weighted by Crippen LogP contribution is -2.29. The van der Waals surface area contributed by atoms with Gasteiger partial charge in [0.15, 0.2) is 10.9 Å². The molecule has 10 heteroatoms. The average molecular weight is 559 g/mol. The van der Waals surface area contributed by atoms with Crippen LogP contribution in [-0.4, -0.2) is 37.8 Å². The number of carbonyl (C=O) groups excluding carboxylic acids is 2. The summed E-state index contributed by atoms with van der Waals surface area (Å²) in [5, 5.41) is 12.6. The van der Waals surface area contributed by atoms with Crippen molar-refractivity contribution in [3.8, 4) is 5.75 Å². The highest BCUT2D eigenvalue weighted by molar-refractivity contribution is 7.22. The zero-order valence-electron chi connectivity index (χ0n) is 21.1. The first kappa shape index (κ1) is 25.1. The van der Waals surface area contributed by atoms with E-state index in [0.717, 1.165) is 11.1 Å². The molecule has 1 aliphatic rings. The van der Waals surface area contributed by atoms with Crippen LogP contribution in [0.4, 0.5) is 5.13 Å². The Morgan fingerprint density at radius 1 is 1.10 bits per heavy atom. The number of ketones is 1. The second kappa shape index (κ2) is 9.83. The molecule has 0 spiro atoms. The molecule has 0 aliphatic carbocycles. The van der Waals surface area contributed by atoms with Gasteiger partial charge in [0, 0.05) is 11.2 Å². The molecule has 5 aromatic rings. The van der Waals surface area contributed by atoms with Crippen molar-refractivity contribution in [2.24, 2.45) is 0 Å². The molecule has 39 heavy (non-hydrogen) atoms. The number of aromatic nitrogens is 3. The molecule has 4 heterocycles. The highest BCUT2D eigenvalue weighted by Gasteiger charge is 2.48. The molecule has 1 unspecified atom stereocenters. The van der Waals surface area contributed by atoms with Crippen LogP contribution in [0, 0.1) is 6.92 Å². The van der Waals surface area contributed by atoms with Gasteiger partial charge in [0.25, 0.3) is 5.78 Å². The first-order chi connectivity index (χ1) is 18.9. The standard InChI is InChI=1S/C29H23ClN4O4S/c1-3-13-38-19-8-6-7-17(14-19)25-23(26(35)24-16(2)31-22-9-4-5-12-33(22)24)27(36)28(37)34(25)29-32-20-11-10-18(30)15-21(20)39-29/h4-12,14-15,25,35H,3,13H2,1-2H3. The van der Waals surface area contributed by atoms with E-state index in [1.54, 1.807) is 60.0 Å². The number of imidazole rings is 1. The fourth-order valence-corrected chi connectivity index (χ4v) is 6.12. The summed E-state index contributed by atoms with van der Waals surface area (Å²) in [5.41, 5.74) is 2.70. The molecule has 0 saturated carbocycles. The fraction of sp³-hybridized carbons (Fsp3) is 0.172. The Labute approximate surface area is 232 Å². The maximum Gasteiger partial charge on any atom is 0.301 e. The number of ether oxygens (including phenoxy) is 1. The molecule has 6 rings (SSSR count). The molecule has 8 nitrogen and oxygen atoms in total. The Morgan fingerprint density at radius 2 is 1.95 bits per heavy atom. The summed E-state index contributed by atoms with van der Waals surface area (Å²) < 4.78 is 8.33. The maximum atomic E-state index is 13.7. The molecule has 0 bridgehead atoms. The summed E-state index contributed by atoms with van der Waals surface area (Å²) in [5.74, 6) is -1.29. The number of anilines is 1. The number of thiazole rings is 1. The Hall–Kier alpha value is -4.21. The number of aliphatic hydroxyl groups is 1. The number of aliphatic hydroxyl groups excluding tert-OH is 1.